The van der Waals surface area contributed by atoms with E-state index in [-0.39, 0.29) is 0 Å². The second-order valence-electron chi connectivity index (χ2n) is 2.25. The van der Waals surface area contributed by atoms with Crippen molar-refractivity contribution in [2.24, 2.45) is 0 Å². The summed E-state index contributed by atoms with van der Waals surface area (Å²) in [5.74, 6) is 0. The summed E-state index contributed by atoms with van der Waals surface area (Å²) in [7, 11) is 2.04. The Labute approximate surface area is 64.0 Å². The lowest BCUT2D eigenvalue weighted by molar-refractivity contribution is 0.620. The van der Waals surface area contributed by atoms with E-state index in [0.717, 1.165) is 12.8 Å². The highest BCUT2D eigenvalue weighted by Crippen LogP contribution is 1.89. The smallest absolute Gasteiger partial charge is 0.0106 e. The molecule has 0 unspecified atom stereocenters. The Balaban J connectivity index is 3.52. The minimum absolute atomic E-state index is 1.10. The Morgan fingerprint density at radius 2 is 1.40 bits per heavy atom. The molecular formula is C9H17N. The summed E-state index contributed by atoms with van der Waals surface area (Å²) in [5, 5.41) is 0. The molecule has 0 heterocycles. The molecule has 0 rings (SSSR count). The maximum absolute atomic E-state index is 2.14. The molecule has 0 saturated carbocycles. The van der Waals surface area contributed by atoms with Crippen LogP contribution >= 0.6 is 0 Å². The molecule has 1 nitrogen and oxygen atoms in total. The lowest BCUT2D eigenvalue weighted by Crippen LogP contribution is -1.98. The van der Waals surface area contributed by atoms with Crippen LogP contribution in [0.2, 0.25) is 0 Å². The molecule has 0 spiro atoms. The average molecular weight is 139 g/mol. The fourth-order valence-electron chi connectivity index (χ4n) is 0.593. The first kappa shape index (κ1) is 9.28. The monoisotopic (exact) mass is 139 g/mol. The molecule has 0 aliphatic heterocycles. The van der Waals surface area contributed by atoms with Gasteiger partial charge in [0, 0.05) is 7.05 Å². The Hall–Kier alpha value is -0.720. The van der Waals surface area contributed by atoms with E-state index in [4.69, 9.17) is 0 Å². The SMILES string of the molecule is CC/C=C/N(C)/C=C/CC. The molecule has 0 aromatic carbocycles. The number of rotatable bonds is 4. The van der Waals surface area contributed by atoms with Gasteiger partial charge in [0.2, 0.25) is 0 Å². The number of nitrogens with zero attached hydrogens (tertiary/aromatic N) is 1. The van der Waals surface area contributed by atoms with Gasteiger partial charge in [-0.15, -0.1) is 0 Å². The molecule has 0 radical (unpaired) electrons. The lowest BCUT2D eigenvalue weighted by Gasteiger charge is -2.04. The molecule has 0 aromatic heterocycles. The van der Waals surface area contributed by atoms with Crippen LogP contribution < -0.4 is 0 Å². The normalized spacial score (nSPS) is 11.5. The van der Waals surface area contributed by atoms with Crippen LogP contribution in [0.25, 0.3) is 0 Å². The average Bonchev–Trinajstić information content (AvgIpc) is 1.97. The Kier molecular flexibility index (Phi) is 5.94. The van der Waals surface area contributed by atoms with Crippen LogP contribution in [0.4, 0.5) is 0 Å². The summed E-state index contributed by atoms with van der Waals surface area (Å²) in [6.07, 6.45) is 10.6. The standard InChI is InChI=1S/C9H17N/c1-4-6-8-10(3)9-7-5-2/h6-9H,4-5H2,1-3H3/b8-6+,9-7+. The van der Waals surface area contributed by atoms with E-state index in [0.29, 0.717) is 0 Å². The Morgan fingerprint density at radius 3 is 1.70 bits per heavy atom. The van der Waals surface area contributed by atoms with E-state index in [9.17, 15) is 0 Å². The van der Waals surface area contributed by atoms with Crippen molar-refractivity contribution in [3.8, 4) is 0 Å². The van der Waals surface area contributed by atoms with Gasteiger partial charge < -0.3 is 4.90 Å². The van der Waals surface area contributed by atoms with Crippen LogP contribution in [0.5, 0.6) is 0 Å². The summed E-state index contributed by atoms with van der Waals surface area (Å²) >= 11 is 0. The first-order valence-corrected chi connectivity index (χ1v) is 3.86. The minimum atomic E-state index is 1.10. The summed E-state index contributed by atoms with van der Waals surface area (Å²) in [4.78, 5) is 2.06. The topological polar surface area (TPSA) is 3.24 Å². The highest BCUT2D eigenvalue weighted by Gasteiger charge is 1.77. The molecule has 0 aliphatic rings. The Bertz CT molecular complexity index is 99.9. The molecule has 0 N–H and O–H groups in total. The van der Waals surface area contributed by atoms with Gasteiger partial charge in [-0.3, -0.25) is 0 Å². The summed E-state index contributed by atoms with van der Waals surface area (Å²) in [6, 6.07) is 0. The quantitative estimate of drug-likeness (QED) is 0.579. The van der Waals surface area contributed by atoms with Gasteiger partial charge >= 0.3 is 0 Å². The van der Waals surface area contributed by atoms with Crippen LogP contribution in [0.1, 0.15) is 26.7 Å². The maximum Gasteiger partial charge on any atom is 0.0106 e. The fraction of sp³-hybridized carbons (Fsp3) is 0.556. The van der Waals surface area contributed by atoms with Gasteiger partial charge in [0.1, 0.15) is 0 Å². The lowest BCUT2D eigenvalue weighted by atomic mass is 10.4. The van der Waals surface area contributed by atoms with E-state index >= 15 is 0 Å². The number of hydrogen-bond donors (Lipinski definition) is 0. The molecule has 0 aromatic rings. The molecule has 0 bridgehead atoms. The van der Waals surface area contributed by atoms with Gasteiger partial charge in [-0.25, -0.2) is 0 Å². The predicted molar refractivity (Wildman–Crippen MR) is 46.6 cm³/mol. The first-order chi connectivity index (χ1) is 4.81. The van der Waals surface area contributed by atoms with Crippen molar-refractivity contribution >= 4 is 0 Å². The van der Waals surface area contributed by atoms with Gasteiger partial charge in [-0.2, -0.15) is 0 Å². The highest BCUT2D eigenvalue weighted by molar-refractivity contribution is 4.88. The van der Waals surface area contributed by atoms with Crippen LogP contribution in [-0.4, -0.2) is 11.9 Å². The summed E-state index contributed by atoms with van der Waals surface area (Å²) in [5.41, 5.74) is 0. The summed E-state index contributed by atoms with van der Waals surface area (Å²) < 4.78 is 0. The largest absolute Gasteiger partial charge is 0.358 e. The van der Waals surface area contributed by atoms with Crippen molar-refractivity contribution in [3.05, 3.63) is 24.6 Å². The predicted octanol–water partition coefficient (Wildman–Crippen LogP) is 2.77. The van der Waals surface area contributed by atoms with Crippen molar-refractivity contribution in [3.63, 3.8) is 0 Å². The van der Waals surface area contributed by atoms with Gasteiger partial charge in [-0.05, 0) is 25.2 Å². The van der Waals surface area contributed by atoms with Crippen molar-refractivity contribution in [1.29, 1.82) is 0 Å². The van der Waals surface area contributed by atoms with Crippen molar-refractivity contribution < 1.29 is 0 Å². The third kappa shape index (κ3) is 5.42. The number of allylic oxidation sites excluding steroid dienone is 2. The van der Waals surface area contributed by atoms with E-state index in [1.807, 2.05) is 7.05 Å². The maximum atomic E-state index is 2.14. The van der Waals surface area contributed by atoms with Crippen molar-refractivity contribution in [2.45, 2.75) is 26.7 Å². The zero-order chi connectivity index (χ0) is 7.82. The fourth-order valence-corrected chi connectivity index (χ4v) is 0.593. The molecule has 10 heavy (non-hydrogen) atoms. The third-order valence-corrected chi connectivity index (χ3v) is 1.15. The second kappa shape index (κ2) is 6.40. The van der Waals surface area contributed by atoms with E-state index in [1.54, 1.807) is 0 Å². The highest BCUT2D eigenvalue weighted by atomic mass is 15.0. The number of hydrogen-bond acceptors (Lipinski definition) is 1. The van der Waals surface area contributed by atoms with Crippen LogP contribution in [0.3, 0.4) is 0 Å². The van der Waals surface area contributed by atoms with Gasteiger partial charge in [0.15, 0.2) is 0 Å². The molecule has 0 saturated heterocycles. The van der Waals surface area contributed by atoms with Crippen molar-refractivity contribution in [1.82, 2.24) is 4.90 Å². The van der Waals surface area contributed by atoms with Gasteiger partial charge in [-0.1, -0.05) is 26.0 Å². The van der Waals surface area contributed by atoms with Gasteiger partial charge in [0.25, 0.3) is 0 Å². The molecule has 0 amide bonds. The van der Waals surface area contributed by atoms with E-state index in [2.05, 4.69) is 43.3 Å². The minimum Gasteiger partial charge on any atom is -0.358 e. The van der Waals surface area contributed by atoms with Crippen molar-refractivity contribution in [2.75, 3.05) is 7.05 Å². The molecule has 0 fully saturated rings. The van der Waals surface area contributed by atoms with Crippen LogP contribution in [0, 0.1) is 0 Å². The van der Waals surface area contributed by atoms with E-state index < -0.39 is 0 Å². The zero-order valence-corrected chi connectivity index (χ0v) is 7.17. The first-order valence-electron chi connectivity index (χ1n) is 3.86. The molecule has 1 heteroatoms. The Morgan fingerprint density at radius 1 is 1.00 bits per heavy atom. The molecule has 58 valence electrons. The molecular weight excluding hydrogens is 122 g/mol. The van der Waals surface area contributed by atoms with Gasteiger partial charge in [0.05, 0.1) is 0 Å². The molecule has 0 aliphatic carbocycles. The zero-order valence-electron chi connectivity index (χ0n) is 7.17. The second-order valence-corrected chi connectivity index (χ2v) is 2.25. The summed E-state index contributed by atoms with van der Waals surface area (Å²) in [6.45, 7) is 4.27. The molecule has 0 atom stereocenters. The van der Waals surface area contributed by atoms with Crippen LogP contribution in [-0.2, 0) is 0 Å². The van der Waals surface area contributed by atoms with E-state index in [1.165, 1.54) is 0 Å². The van der Waals surface area contributed by atoms with Crippen LogP contribution in [0.15, 0.2) is 24.6 Å². The third-order valence-electron chi connectivity index (χ3n) is 1.15.